The van der Waals surface area contributed by atoms with Crippen LogP contribution in [0.25, 0.3) is 12.2 Å². The topological polar surface area (TPSA) is 46.0 Å². The van der Waals surface area contributed by atoms with Gasteiger partial charge in [-0.05, 0) is 19.1 Å². The first-order valence-electron chi connectivity index (χ1n) is 3.83. The molecule has 3 nitrogen and oxygen atoms in total. The van der Waals surface area contributed by atoms with Gasteiger partial charge in [0.25, 0.3) is 5.56 Å². The van der Waals surface area contributed by atoms with Crippen LogP contribution in [0.4, 0.5) is 0 Å². The highest BCUT2D eigenvalue weighted by molar-refractivity contribution is 5.62. The van der Waals surface area contributed by atoms with E-state index in [1.165, 1.54) is 6.08 Å². The summed E-state index contributed by atoms with van der Waals surface area (Å²) in [6.45, 7) is 8.97. The van der Waals surface area contributed by atoms with Crippen molar-refractivity contribution in [1.82, 2.24) is 5.16 Å². The molecular weight excluding hydrogens is 166 g/mol. The van der Waals surface area contributed by atoms with Crippen molar-refractivity contribution >= 4 is 12.2 Å². The molecule has 1 aromatic rings. The first-order chi connectivity index (χ1) is 6.19. The Morgan fingerprint density at radius 2 is 2.23 bits per heavy atom. The van der Waals surface area contributed by atoms with Crippen LogP contribution in [0.2, 0.25) is 0 Å². The lowest BCUT2D eigenvalue weighted by Crippen LogP contribution is -2.01. The van der Waals surface area contributed by atoms with E-state index in [2.05, 4.69) is 18.3 Å². The molecule has 0 unspecified atom stereocenters. The Balaban J connectivity index is 3.27. The van der Waals surface area contributed by atoms with Gasteiger partial charge in [0.15, 0.2) is 5.76 Å². The molecule has 1 rings (SSSR count). The van der Waals surface area contributed by atoms with Crippen molar-refractivity contribution in [3.8, 4) is 0 Å². The van der Waals surface area contributed by atoms with Gasteiger partial charge in [-0.25, -0.2) is 0 Å². The molecule has 3 heteroatoms. The average molecular weight is 177 g/mol. The fraction of sp³-hybridized carbons (Fsp3) is 0.100. The van der Waals surface area contributed by atoms with Crippen molar-refractivity contribution in [2.75, 3.05) is 0 Å². The second kappa shape index (κ2) is 3.76. The molecule has 68 valence electrons. The maximum atomic E-state index is 11.2. The summed E-state index contributed by atoms with van der Waals surface area (Å²) in [5.74, 6) is 0.450. The average Bonchev–Trinajstić information content (AvgIpc) is 2.48. The van der Waals surface area contributed by atoms with Crippen LogP contribution in [-0.4, -0.2) is 5.16 Å². The zero-order chi connectivity index (χ0) is 9.84. The van der Waals surface area contributed by atoms with E-state index in [0.29, 0.717) is 11.3 Å². The standard InChI is InChI=1S/C10H11NO2/c1-4-7(3)6-8-9(5-2)13-11-10(8)12/h4-6H,1-2H2,3H3,(H,11,12)/b7-6-. The second-order valence-electron chi connectivity index (χ2n) is 2.61. The Hall–Kier alpha value is -1.77. The van der Waals surface area contributed by atoms with Crippen molar-refractivity contribution in [3.63, 3.8) is 0 Å². The molecule has 0 amide bonds. The van der Waals surface area contributed by atoms with Crippen molar-refractivity contribution in [2.45, 2.75) is 6.92 Å². The van der Waals surface area contributed by atoms with E-state index in [-0.39, 0.29) is 5.56 Å². The van der Waals surface area contributed by atoms with Crippen LogP contribution < -0.4 is 5.56 Å². The number of aromatic nitrogens is 1. The summed E-state index contributed by atoms with van der Waals surface area (Å²) in [5, 5.41) is 2.24. The predicted octanol–water partition coefficient (Wildman–Crippen LogP) is 2.20. The van der Waals surface area contributed by atoms with Gasteiger partial charge in [0.05, 0.1) is 5.56 Å². The molecule has 0 aliphatic heterocycles. The Labute approximate surface area is 76.0 Å². The molecule has 0 fully saturated rings. The smallest absolute Gasteiger partial charge is 0.287 e. The third kappa shape index (κ3) is 1.87. The van der Waals surface area contributed by atoms with Crippen LogP contribution in [0.15, 0.2) is 34.1 Å². The highest BCUT2D eigenvalue weighted by Gasteiger charge is 2.05. The first-order valence-corrected chi connectivity index (χ1v) is 3.83. The van der Waals surface area contributed by atoms with Crippen molar-refractivity contribution < 1.29 is 4.52 Å². The molecule has 0 atom stereocenters. The lowest BCUT2D eigenvalue weighted by molar-refractivity contribution is 0.407. The van der Waals surface area contributed by atoms with Gasteiger partial charge in [0.2, 0.25) is 0 Å². The zero-order valence-electron chi connectivity index (χ0n) is 7.46. The number of hydrogen-bond acceptors (Lipinski definition) is 2. The van der Waals surface area contributed by atoms with Crippen molar-refractivity contribution in [3.05, 3.63) is 46.5 Å². The molecule has 1 heterocycles. The van der Waals surface area contributed by atoms with Gasteiger partial charge >= 0.3 is 0 Å². The third-order valence-corrected chi connectivity index (χ3v) is 1.64. The maximum Gasteiger partial charge on any atom is 0.287 e. The highest BCUT2D eigenvalue weighted by atomic mass is 16.5. The van der Waals surface area contributed by atoms with Gasteiger partial charge in [-0.2, -0.15) is 5.16 Å². The number of nitrogens with one attached hydrogen (secondary N) is 1. The van der Waals surface area contributed by atoms with Crippen LogP contribution in [0.5, 0.6) is 0 Å². The summed E-state index contributed by atoms with van der Waals surface area (Å²) in [5.41, 5.74) is 1.12. The SMILES string of the molecule is C=C/C(C)=C\c1c(C=C)o[nH]c1=O. The Kier molecular flexibility index (Phi) is 2.69. The van der Waals surface area contributed by atoms with Crippen LogP contribution in [0.1, 0.15) is 18.2 Å². The Bertz CT molecular complexity index is 407. The molecular formula is C10H11NO2. The number of rotatable bonds is 3. The number of hydrogen-bond donors (Lipinski definition) is 1. The van der Waals surface area contributed by atoms with E-state index in [1.807, 2.05) is 6.92 Å². The molecule has 0 radical (unpaired) electrons. The second-order valence-corrected chi connectivity index (χ2v) is 2.61. The summed E-state index contributed by atoms with van der Waals surface area (Å²) in [6, 6.07) is 0. The van der Waals surface area contributed by atoms with E-state index in [9.17, 15) is 4.79 Å². The molecule has 0 aromatic carbocycles. The van der Waals surface area contributed by atoms with Gasteiger partial charge in [0, 0.05) is 0 Å². The van der Waals surface area contributed by atoms with E-state index in [4.69, 9.17) is 4.52 Å². The summed E-state index contributed by atoms with van der Waals surface area (Å²) in [6.07, 6.45) is 4.85. The highest BCUT2D eigenvalue weighted by Crippen LogP contribution is 2.09. The van der Waals surface area contributed by atoms with Crippen LogP contribution in [0.3, 0.4) is 0 Å². The largest absolute Gasteiger partial charge is 0.378 e. The van der Waals surface area contributed by atoms with Gasteiger partial charge in [-0.3, -0.25) is 4.79 Å². The maximum absolute atomic E-state index is 11.2. The van der Waals surface area contributed by atoms with Gasteiger partial charge in [-0.1, -0.05) is 24.8 Å². The molecule has 0 aliphatic rings. The Morgan fingerprint density at radius 3 is 2.77 bits per heavy atom. The summed E-state index contributed by atoms with van der Waals surface area (Å²) < 4.78 is 4.86. The monoisotopic (exact) mass is 177 g/mol. The fourth-order valence-corrected chi connectivity index (χ4v) is 0.898. The first kappa shape index (κ1) is 9.32. The minimum absolute atomic E-state index is 0.254. The summed E-state index contributed by atoms with van der Waals surface area (Å²) in [7, 11) is 0. The van der Waals surface area contributed by atoms with Crippen LogP contribution >= 0.6 is 0 Å². The summed E-state index contributed by atoms with van der Waals surface area (Å²) >= 11 is 0. The van der Waals surface area contributed by atoms with Gasteiger partial charge < -0.3 is 4.52 Å². The molecule has 1 aromatic heterocycles. The lowest BCUT2D eigenvalue weighted by atomic mass is 10.1. The molecule has 0 bridgehead atoms. The van der Waals surface area contributed by atoms with Gasteiger partial charge in [0.1, 0.15) is 0 Å². The predicted molar refractivity (Wildman–Crippen MR) is 53.3 cm³/mol. The van der Waals surface area contributed by atoms with Crippen LogP contribution in [-0.2, 0) is 0 Å². The number of aromatic amines is 1. The quantitative estimate of drug-likeness (QED) is 0.719. The molecule has 13 heavy (non-hydrogen) atoms. The van der Waals surface area contributed by atoms with E-state index < -0.39 is 0 Å². The third-order valence-electron chi connectivity index (χ3n) is 1.64. The van der Waals surface area contributed by atoms with Crippen LogP contribution in [0, 0.1) is 0 Å². The normalized spacial score (nSPS) is 11.3. The number of H-pyrrole nitrogens is 1. The Morgan fingerprint density at radius 1 is 1.54 bits per heavy atom. The minimum atomic E-state index is -0.254. The minimum Gasteiger partial charge on any atom is -0.378 e. The number of allylic oxidation sites excluding steroid dienone is 2. The van der Waals surface area contributed by atoms with Crippen molar-refractivity contribution in [2.24, 2.45) is 0 Å². The molecule has 0 spiro atoms. The zero-order valence-corrected chi connectivity index (χ0v) is 7.46. The fourth-order valence-electron chi connectivity index (χ4n) is 0.898. The lowest BCUT2D eigenvalue weighted by Gasteiger charge is -1.89. The van der Waals surface area contributed by atoms with Gasteiger partial charge in [-0.15, -0.1) is 0 Å². The molecule has 0 aliphatic carbocycles. The van der Waals surface area contributed by atoms with E-state index in [1.54, 1.807) is 12.2 Å². The molecule has 1 N–H and O–H groups in total. The summed E-state index contributed by atoms with van der Waals surface area (Å²) in [4.78, 5) is 11.2. The van der Waals surface area contributed by atoms with E-state index in [0.717, 1.165) is 5.57 Å². The molecule has 0 saturated carbocycles. The van der Waals surface area contributed by atoms with Crippen molar-refractivity contribution in [1.29, 1.82) is 0 Å². The van der Waals surface area contributed by atoms with E-state index >= 15 is 0 Å². The molecule has 0 saturated heterocycles.